The van der Waals surface area contributed by atoms with E-state index in [-0.39, 0.29) is 5.92 Å². The number of nitrogens with one attached hydrogen (secondary N) is 1. The van der Waals surface area contributed by atoms with Gasteiger partial charge in [0.15, 0.2) is 0 Å². The van der Waals surface area contributed by atoms with Crippen molar-refractivity contribution in [2.24, 2.45) is 16.7 Å². The molecular weight excluding hydrogens is 281 g/mol. The van der Waals surface area contributed by atoms with Gasteiger partial charge in [-0.25, -0.2) is 0 Å². The van der Waals surface area contributed by atoms with Gasteiger partial charge in [-0.1, -0.05) is 20.8 Å². The molecule has 3 unspecified atom stereocenters. The summed E-state index contributed by atoms with van der Waals surface area (Å²) in [4.78, 5) is 11.4. The molecule has 0 radical (unpaired) electrons. The lowest BCUT2D eigenvalue weighted by atomic mass is 9.68. The summed E-state index contributed by atoms with van der Waals surface area (Å²) in [6.07, 6.45) is -3.45. The number of fused-ring (bicyclic) bond motifs is 2. The summed E-state index contributed by atoms with van der Waals surface area (Å²) in [5, 5.41) is 1.98. The number of alkyl halides is 5. The van der Waals surface area contributed by atoms with Crippen LogP contribution in [0.3, 0.4) is 0 Å². The van der Waals surface area contributed by atoms with E-state index >= 15 is 0 Å². The molecule has 2 saturated carbocycles. The molecule has 0 aliphatic heterocycles. The Kier molecular flexibility index (Phi) is 3.16. The predicted molar refractivity (Wildman–Crippen MR) is 62.2 cm³/mol. The summed E-state index contributed by atoms with van der Waals surface area (Å²) in [7, 11) is 0. The second kappa shape index (κ2) is 4.07. The van der Waals surface area contributed by atoms with Gasteiger partial charge in [0.05, 0.1) is 0 Å². The largest absolute Gasteiger partial charge is 0.463 e. The lowest BCUT2D eigenvalue weighted by Gasteiger charge is -2.43. The summed E-state index contributed by atoms with van der Waals surface area (Å²) in [5.41, 5.74) is -0.865. The maximum Gasteiger partial charge on any atom is 0.463 e. The van der Waals surface area contributed by atoms with Crippen molar-refractivity contribution in [1.29, 1.82) is 0 Å². The highest BCUT2D eigenvalue weighted by atomic mass is 19.4. The van der Waals surface area contributed by atoms with Crippen LogP contribution in [0.15, 0.2) is 0 Å². The number of carbonyl (C=O) groups excluding carboxylic acids is 1. The third-order valence-corrected chi connectivity index (χ3v) is 5.19. The molecule has 2 aliphatic rings. The van der Waals surface area contributed by atoms with Crippen LogP contribution in [-0.2, 0) is 4.79 Å². The quantitative estimate of drug-likeness (QED) is 0.777. The molecule has 0 aromatic rings. The number of hydrogen-bond acceptors (Lipinski definition) is 1. The highest BCUT2D eigenvalue weighted by Gasteiger charge is 2.66. The predicted octanol–water partition coefficient (Wildman–Crippen LogP) is 3.52. The minimum absolute atomic E-state index is 0.248. The average Bonchev–Trinajstić information content (AvgIpc) is 2.73. The molecule has 1 N–H and O–H groups in total. The fourth-order valence-corrected chi connectivity index (χ4v) is 4.01. The smallest absolute Gasteiger partial charge is 0.347 e. The lowest BCUT2D eigenvalue weighted by molar-refractivity contribution is -0.270. The van der Waals surface area contributed by atoms with Crippen LogP contribution in [0.2, 0.25) is 0 Å². The van der Waals surface area contributed by atoms with Crippen molar-refractivity contribution in [3.8, 4) is 0 Å². The molecular formula is C13H18F5NO. The van der Waals surface area contributed by atoms with E-state index < -0.39 is 34.9 Å². The van der Waals surface area contributed by atoms with Crippen LogP contribution in [0.1, 0.15) is 40.0 Å². The number of carbonyl (C=O) groups is 1. The zero-order valence-corrected chi connectivity index (χ0v) is 11.6. The Hall–Kier alpha value is -0.880. The molecule has 7 heteroatoms. The van der Waals surface area contributed by atoms with Gasteiger partial charge in [-0.05, 0) is 36.0 Å². The van der Waals surface area contributed by atoms with E-state index in [0.717, 1.165) is 19.3 Å². The van der Waals surface area contributed by atoms with Crippen LogP contribution in [0.5, 0.6) is 0 Å². The molecule has 20 heavy (non-hydrogen) atoms. The van der Waals surface area contributed by atoms with E-state index in [0.29, 0.717) is 0 Å². The minimum atomic E-state index is -5.86. The van der Waals surface area contributed by atoms with Gasteiger partial charge in [0.2, 0.25) is 0 Å². The van der Waals surface area contributed by atoms with Gasteiger partial charge in [-0.2, -0.15) is 22.0 Å². The molecule has 2 bridgehead atoms. The van der Waals surface area contributed by atoms with Crippen molar-refractivity contribution in [2.45, 2.75) is 58.2 Å². The summed E-state index contributed by atoms with van der Waals surface area (Å²) in [6, 6.07) is -0.658. The number of rotatable bonds is 2. The topological polar surface area (TPSA) is 29.1 Å². The summed E-state index contributed by atoms with van der Waals surface area (Å²) >= 11 is 0. The van der Waals surface area contributed by atoms with Crippen LogP contribution in [0.4, 0.5) is 22.0 Å². The van der Waals surface area contributed by atoms with Gasteiger partial charge in [0.1, 0.15) is 0 Å². The Balaban J connectivity index is 2.20. The molecule has 1 amide bonds. The third-order valence-electron chi connectivity index (χ3n) is 5.19. The van der Waals surface area contributed by atoms with Crippen LogP contribution in [-0.4, -0.2) is 24.0 Å². The molecule has 116 valence electrons. The van der Waals surface area contributed by atoms with Crippen LogP contribution in [0, 0.1) is 16.7 Å². The van der Waals surface area contributed by atoms with Crippen molar-refractivity contribution >= 4 is 5.91 Å². The molecule has 2 nitrogen and oxygen atoms in total. The standard InChI is InChI=1S/C13H18F5NO/c1-10(2)7-4-5-11(3,6-7)8(10)19-9(20)12(14,15)13(16,17)18/h7-8H,4-6H2,1-3H3,(H,19,20). The average molecular weight is 299 g/mol. The Bertz CT molecular complexity index is 426. The zero-order chi connectivity index (χ0) is 15.6. The molecule has 2 rings (SSSR count). The van der Waals surface area contributed by atoms with E-state index in [9.17, 15) is 26.7 Å². The SMILES string of the molecule is CC12CCC(C1)C(C)(C)C2NC(=O)C(F)(F)C(F)(F)F. The molecule has 0 saturated heterocycles. The minimum Gasteiger partial charge on any atom is -0.347 e. The molecule has 0 heterocycles. The monoisotopic (exact) mass is 299 g/mol. The first kappa shape index (κ1) is 15.5. The van der Waals surface area contributed by atoms with E-state index in [1.807, 2.05) is 26.1 Å². The van der Waals surface area contributed by atoms with Crippen molar-refractivity contribution in [3.63, 3.8) is 0 Å². The fourth-order valence-electron chi connectivity index (χ4n) is 4.01. The zero-order valence-electron chi connectivity index (χ0n) is 11.6. The maximum atomic E-state index is 13.1. The van der Waals surface area contributed by atoms with Gasteiger partial charge >= 0.3 is 18.0 Å². The molecule has 0 aromatic heterocycles. The normalized spacial score (nSPS) is 36.2. The Morgan fingerprint density at radius 1 is 1.15 bits per heavy atom. The molecule has 0 aromatic carbocycles. The Morgan fingerprint density at radius 2 is 1.70 bits per heavy atom. The first-order chi connectivity index (χ1) is 8.82. The molecule has 3 atom stereocenters. The third kappa shape index (κ3) is 2.00. The van der Waals surface area contributed by atoms with E-state index in [1.54, 1.807) is 0 Å². The molecule has 2 fully saturated rings. The number of hydrogen-bond donors (Lipinski definition) is 1. The fraction of sp³-hybridized carbons (Fsp3) is 0.923. The van der Waals surface area contributed by atoms with Crippen LogP contribution < -0.4 is 5.32 Å². The van der Waals surface area contributed by atoms with Crippen LogP contribution >= 0.6 is 0 Å². The van der Waals surface area contributed by atoms with Gasteiger partial charge in [0.25, 0.3) is 0 Å². The first-order valence-electron chi connectivity index (χ1n) is 6.58. The van der Waals surface area contributed by atoms with Gasteiger partial charge in [0, 0.05) is 6.04 Å². The summed E-state index contributed by atoms with van der Waals surface area (Å²) < 4.78 is 62.8. The van der Waals surface area contributed by atoms with Gasteiger partial charge < -0.3 is 5.32 Å². The maximum absolute atomic E-state index is 13.1. The van der Waals surface area contributed by atoms with Crippen molar-refractivity contribution in [2.75, 3.05) is 0 Å². The van der Waals surface area contributed by atoms with E-state index in [2.05, 4.69) is 0 Å². The van der Waals surface area contributed by atoms with Crippen LogP contribution in [0.25, 0.3) is 0 Å². The number of amides is 1. The number of halogens is 5. The summed E-state index contributed by atoms with van der Waals surface area (Å²) in [5.74, 6) is -7.34. The molecule has 0 spiro atoms. The van der Waals surface area contributed by atoms with Crippen molar-refractivity contribution in [3.05, 3.63) is 0 Å². The Morgan fingerprint density at radius 3 is 2.10 bits per heavy atom. The Labute approximate surface area is 114 Å². The molecule has 2 aliphatic carbocycles. The highest BCUT2D eigenvalue weighted by molar-refractivity contribution is 5.84. The lowest BCUT2D eigenvalue weighted by Crippen LogP contribution is -2.59. The second-order valence-corrected chi connectivity index (χ2v) is 6.89. The van der Waals surface area contributed by atoms with Gasteiger partial charge in [-0.3, -0.25) is 4.79 Å². The first-order valence-corrected chi connectivity index (χ1v) is 6.58. The highest BCUT2D eigenvalue weighted by Crippen LogP contribution is 2.62. The van der Waals surface area contributed by atoms with E-state index in [4.69, 9.17) is 0 Å². The van der Waals surface area contributed by atoms with Crippen molar-refractivity contribution < 1.29 is 26.7 Å². The van der Waals surface area contributed by atoms with Crippen molar-refractivity contribution in [1.82, 2.24) is 5.32 Å². The second-order valence-electron chi connectivity index (χ2n) is 6.89. The summed E-state index contributed by atoms with van der Waals surface area (Å²) in [6.45, 7) is 5.48. The van der Waals surface area contributed by atoms with E-state index in [1.165, 1.54) is 0 Å². The van der Waals surface area contributed by atoms with Gasteiger partial charge in [-0.15, -0.1) is 0 Å².